The molecule has 0 spiro atoms. The van der Waals surface area contributed by atoms with E-state index in [4.69, 9.17) is 15.2 Å². The molecular weight excluding hydrogens is 256 g/mol. The molecule has 1 atom stereocenters. The zero-order chi connectivity index (χ0) is 14.4. The molecule has 110 valence electrons. The molecule has 2 N–H and O–H groups in total. The van der Waals surface area contributed by atoms with Crippen molar-refractivity contribution >= 4 is 5.91 Å². The van der Waals surface area contributed by atoms with Gasteiger partial charge in [-0.2, -0.15) is 0 Å². The van der Waals surface area contributed by atoms with Crippen LogP contribution in [0.15, 0.2) is 24.3 Å². The lowest BCUT2D eigenvalue weighted by molar-refractivity contribution is -0.119. The minimum Gasteiger partial charge on any atom is -0.484 e. The highest BCUT2D eigenvalue weighted by Gasteiger charge is 2.24. The SMILES string of the molecule is COC[C@@H]1CCCN1Cc1cccc(OCC(N)=O)c1. The Hall–Kier alpha value is -1.59. The molecule has 0 saturated carbocycles. The highest BCUT2D eigenvalue weighted by atomic mass is 16.5. The third kappa shape index (κ3) is 4.21. The van der Waals surface area contributed by atoms with Gasteiger partial charge in [-0.15, -0.1) is 0 Å². The largest absolute Gasteiger partial charge is 0.484 e. The number of carbonyl (C=O) groups is 1. The van der Waals surface area contributed by atoms with Gasteiger partial charge in [0.15, 0.2) is 6.61 Å². The fraction of sp³-hybridized carbons (Fsp3) is 0.533. The summed E-state index contributed by atoms with van der Waals surface area (Å²) in [4.78, 5) is 13.2. The maximum atomic E-state index is 10.7. The molecule has 1 aromatic carbocycles. The van der Waals surface area contributed by atoms with Gasteiger partial charge in [-0.3, -0.25) is 9.69 Å². The number of likely N-dealkylation sites (tertiary alicyclic amines) is 1. The van der Waals surface area contributed by atoms with Crippen molar-refractivity contribution in [3.05, 3.63) is 29.8 Å². The van der Waals surface area contributed by atoms with E-state index < -0.39 is 5.91 Å². The summed E-state index contributed by atoms with van der Waals surface area (Å²) in [6.45, 7) is 2.67. The van der Waals surface area contributed by atoms with Crippen LogP contribution in [-0.4, -0.2) is 43.7 Å². The molecule has 1 heterocycles. The number of benzene rings is 1. The monoisotopic (exact) mass is 278 g/mol. The zero-order valence-electron chi connectivity index (χ0n) is 11.9. The average molecular weight is 278 g/mol. The number of primary amides is 1. The van der Waals surface area contributed by atoms with Crippen molar-refractivity contribution in [1.82, 2.24) is 4.90 Å². The van der Waals surface area contributed by atoms with Crippen LogP contribution in [0.5, 0.6) is 5.75 Å². The van der Waals surface area contributed by atoms with Crippen LogP contribution in [0.25, 0.3) is 0 Å². The number of rotatable bonds is 7. The summed E-state index contributed by atoms with van der Waals surface area (Å²) in [5.74, 6) is 0.221. The number of hydrogen-bond acceptors (Lipinski definition) is 4. The smallest absolute Gasteiger partial charge is 0.255 e. The van der Waals surface area contributed by atoms with Crippen molar-refractivity contribution in [2.75, 3.05) is 26.9 Å². The van der Waals surface area contributed by atoms with Gasteiger partial charge in [0.1, 0.15) is 5.75 Å². The second kappa shape index (κ2) is 7.26. The van der Waals surface area contributed by atoms with E-state index in [2.05, 4.69) is 11.0 Å². The molecule has 1 aliphatic rings. The first-order chi connectivity index (χ1) is 9.69. The van der Waals surface area contributed by atoms with E-state index >= 15 is 0 Å². The minimum absolute atomic E-state index is 0.0839. The summed E-state index contributed by atoms with van der Waals surface area (Å²) >= 11 is 0. The van der Waals surface area contributed by atoms with Gasteiger partial charge < -0.3 is 15.2 Å². The van der Waals surface area contributed by atoms with Crippen LogP contribution in [0, 0.1) is 0 Å². The highest BCUT2D eigenvalue weighted by molar-refractivity contribution is 5.75. The van der Waals surface area contributed by atoms with Crippen LogP contribution in [0.1, 0.15) is 18.4 Å². The van der Waals surface area contributed by atoms with Crippen molar-refractivity contribution in [3.63, 3.8) is 0 Å². The summed E-state index contributed by atoms with van der Waals surface area (Å²) in [5, 5.41) is 0. The molecule has 1 amide bonds. The molecule has 0 aliphatic carbocycles. The van der Waals surface area contributed by atoms with Crippen LogP contribution in [-0.2, 0) is 16.1 Å². The Balaban J connectivity index is 1.95. The summed E-state index contributed by atoms with van der Waals surface area (Å²) < 4.78 is 10.6. The second-order valence-electron chi connectivity index (χ2n) is 5.12. The first kappa shape index (κ1) is 14.8. The number of methoxy groups -OCH3 is 1. The topological polar surface area (TPSA) is 64.8 Å². The molecule has 1 aromatic rings. The predicted molar refractivity (Wildman–Crippen MR) is 76.4 cm³/mol. The van der Waals surface area contributed by atoms with Crippen molar-refractivity contribution in [2.45, 2.75) is 25.4 Å². The molecule has 1 aliphatic heterocycles. The molecular formula is C15H22N2O3. The standard InChI is InChI=1S/C15H22N2O3/c1-19-10-13-5-3-7-17(13)9-12-4-2-6-14(8-12)20-11-15(16)18/h2,4,6,8,13H,3,5,7,9-11H2,1H3,(H2,16,18)/t13-/m0/s1. The minimum atomic E-state index is -0.463. The molecule has 0 bridgehead atoms. The number of ether oxygens (including phenoxy) is 2. The lowest BCUT2D eigenvalue weighted by atomic mass is 10.2. The molecule has 1 fully saturated rings. The normalized spacial score (nSPS) is 19.1. The average Bonchev–Trinajstić information content (AvgIpc) is 2.85. The van der Waals surface area contributed by atoms with Gasteiger partial charge in [-0.1, -0.05) is 12.1 Å². The van der Waals surface area contributed by atoms with Crippen molar-refractivity contribution in [2.24, 2.45) is 5.73 Å². The predicted octanol–water partition coefficient (Wildman–Crippen LogP) is 1.16. The fourth-order valence-electron chi connectivity index (χ4n) is 2.61. The lowest BCUT2D eigenvalue weighted by Gasteiger charge is -2.24. The van der Waals surface area contributed by atoms with Crippen LogP contribution >= 0.6 is 0 Å². The van der Waals surface area contributed by atoms with Gasteiger partial charge >= 0.3 is 0 Å². The van der Waals surface area contributed by atoms with Crippen LogP contribution in [0.2, 0.25) is 0 Å². The van der Waals surface area contributed by atoms with Gasteiger partial charge in [0, 0.05) is 19.7 Å². The van der Waals surface area contributed by atoms with Crippen LogP contribution in [0.4, 0.5) is 0 Å². The van der Waals surface area contributed by atoms with E-state index in [1.54, 1.807) is 7.11 Å². The van der Waals surface area contributed by atoms with Crippen molar-refractivity contribution < 1.29 is 14.3 Å². The van der Waals surface area contributed by atoms with E-state index in [0.717, 1.165) is 19.7 Å². The Bertz CT molecular complexity index is 450. The van der Waals surface area contributed by atoms with Gasteiger partial charge in [0.25, 0.3) is 5.91 Å². The summed E-state index contributed by atoms with van der Waals surface area (Å²) in [6, 6.07) is 8.30. The number of amides is 1. The molecule has 0 radical (unpaired) electrons. The zero-order valence-corrected chi connectivity index (χ0v) is 11.9. The maximum absolute atomic E-state index is 10.7. The second-order valence-corrected chi connectivity index (χ2v) is 5.12. The Morgan fingerprint density at radius 1 is 1.50 bits per heavy atom. The molecule has 0 unspecified atom stereocenters. The van der Waals surface area contributed by atoms with E-state index in [9.17, 15) is 4.79 Å². The van der Waals surface area contributed by atoms with Gasteiger partial charge in [-0.25, -0.2) is 0 Å². The Morgan fingerprint density at radius 3 is 3.10 bits per heavy atom. The molecule has 2 rings (SSSR count). The number of nitrogens with two attached hydrogens (primary N) is 1. The quantitative estimate of drug-likeness (QED) is 0.813. The van der Waals surface area contributed by atoms with Crippen LogP contribution in [0.3, 0.4) is 0 Å². The first-order valence-electron chi connectivity index (χ1n) is 6.92. The Kier molecular flexibility index (Phi) is 5.38. The first-order valence-corrected chi connectivity index (χ1v) is 6.92. The summed E-state index contributed by atoms with van der Waals surface area (Å²) in [5.41, 5.74) is 6.25. The van der Waals surface area contributed by atoms with E-state index in [1.807, 2.05) is 18.2 Å². The number of hydrogen-bond donors (Lipinski definition) is 1. The molecule has 5 heteroatoms. The van der Waals surface area contributed by atoms with E-state index in [0.29, 0.717) is 11.8 Å². The molecule has 1 saturated heterocycles. The highest BCUT2D eigenvalue weighted by Crippen LogP contribution is 2.22. The Morgan fingerprint density at radius 2 is 2.35 bits per heavy atom. The van der Waals surface area contributed by atoms with Gasteiger partial charge in [0.2, 0.25) is 0 Å². The third-order valence-electron chi connectivity index (χ3n) is 3.52. The van der Waals surface area contributed by atoms with Crippen molar-refractivity contribution in [3.8, 4) is 5.75 Å². The van der Waals surface area contributed by atoms with Gasteiger partial charge in [0.05, 0.1) is 6.61 Å². The van der Waals surface area contributed by atoms with E-state index in [1.165, 1.54) is 18.4 Å². The summed E-state index contributed by atoms with van der Waals surface area (Å²) in [7, 11) is 1.74. The van der Waals surface area contributed by atoms with Gasteiger partial charge in [-0.05, 0) is 37.1 Å². The molecule has 0 aromatic heterocycles. The number of nitrogens with zero attached hydrogens (tertiary/aromatic N) is 1. The number of carbonyl (C=O) groups excluding carboxylic acids is 1. The summed E-state index contributed by atoms with van der Waals surface area (Å²) in [6.07, 6.45) is 2.40. The molecule has 5 nitrogen and oxygen atoms in total. The molecule has 20 heavy (non-hydrogen) atoms. The van der Waals surface area contributed by atoms with Crippen molar-refractivity contribution in [1.29, 1.82) is 0 Å². The fourth-order valence-corrected chi connectivity index (χ4v) is 2.61. The van der Waals surface area contributed by atoms with Crippen LogP contribution < -0.4 is 10.5 Å². The van der Waals surface area contributed by atoms with E-state index in [-0.39, 0.29) is 6.61 Å². The lowest BCUT2D eigenvalue weighted by Crippen LogP contribution is -2.32. The third-order valence-corrected chi connectivity index (χ3v) is 3.52. The Labute approximate surface area is 119 Å². The maximum Gasteiger partial charge on any atom is 0.255 e.